The fourth-order valence-electron chi connectivity index (χ4n) is 2.10. The summed E-state index contributed by atoms with van der Waals surface area (Å²) in [7, 11) is 1.57. The van der Waals surface area contributed by atoms with E-state index in [2.05, 4.69) is 5.32 Å². The number of nitrogens with one attached hydrogen (secondary N) is 1. The van der Waals surface area contributed by atoms with Gasteiger partial charge in [0.15, 0.2) is 0 Å². The van der Waals surface area contributed by atoms with Gasteiger partial charge in [-0.05, 0) is 19.8 Å². The number of piperidine rings is 1. The van der Waals surface area contributed by atoms with E-state index in [0.29, 0.717) is 32.5 Å². The number of hydrogen-bond acceptors (Lipinski definition) is 3. The molecule has 0 aliphatic carbocycles. The molecule has 108 valence electrons. The number of carbonyl (C=O) groups excluding carboxylic acids is 2. The molecule has 19 heavy (non-hydrogen) atoms. The Labute approximate surface area is 112 Å². The maximum absolute atomic E-state index is 12.0. The molecule has 1 fully saturated rings. The number of urea groups is 1. The number of carboxylic acids is 1. The fourth-order valence-corrected chi connectivity index (χ4v) is 2.10. The van der Waals surface area contributed by atoms with Gasteiger partial charge in [0, 0.05) is 26.7 Å². The van der Waals surface area contributed by atoms with Crippen LogP contribution in [0.4, 0.5) is 4.79 Å². The summed E-state index contributed by atoms with van der Waals surface area (Å²) in [5.74, 6) is -1.36. The lowest BCUT2D eigenvalue weighted by Gasteiger charge is -2.33. The Bertz CT molecular complexity index is 351. The van der Waals surface area contributed by atoms with Crippen LogP contribution in [0.15, 0.2) is 0 Å². The van der Waals surface area contributed by atoms with Crippen molar-refractivity contribution in [2.75, 3.05) is 33.2 Å². The lowest BCUT2D eigenvalue weighted by molar-refractivity contribution is -0.143. The van der Waals surface area contributed by atoms with E-state index in [-0.39, 0.29) is 24.4 Å². The highest BCUT2D eigenvalue weighted by Gasteiger charge is 2.28. The van der Waals surface area contributed by atoms with Gasteiger partial charge >= 0.3 is 12.0 Å². The largest absolute Gasteiger partial charge is 0.481 e. The Morgan fingerprint density at radius 1 is 1.32 bits per heavy atom. The van der Waals surface area contributed by atoms with E-state index in [0.717, 1.165) is 0 Å². The van der Waals surface area contributed by atoms with Crippen LogP contribution in [0.5, 0.6) is 0 Å². The van der Waals surface area contributed by atoms with Gasteiger partial charge < -0.3 is 20.2 Å². The number of nitrogens with zero attached hydrogens (tertiary/aromatic N) is 2. The van der Waals surface area contributed by atoms with Crippen LogP contribution in [0.25, 0.3) is 0 Å². The smallest absolute Gasteiger partial charge is 0.320 e. The van der Waals surface area contributed by atoms with Crippen molar-refractivity contribution in [3.05, 3.63) is 0 Å². The van der Waals surface area contributed by atoms with Crippen LogP contribution in [0, 0.1) is 5.92 Å². The van der Waals surface area contributed by atoms with Crippen LogP contribution in [0.1, 0.15) is 19.8 Å². The van der Waals surface area contributed by atoms with Crippen molar-refractivity contribution in [1.82, 2.24) is 15.1 Å². The molecule has 7 heteroatoms. The van der Waals surface area contributed by atoms with E-state index >= 15 is 0 Å². The Morgan fingerprint density at radius 2 is 1.89 bits per heavy atom. The van der Waals surface area contributed by atoms with Gasteiger partial charge in [0.2, 0.25) is 5.91 Å². The number of likely N-dealkylation sites (N-methyl/N-ethyl adjacent to an activating group) is 2. The Kier molecular flexibility index (Phi) is 5.59. The molecule has 1 saturated heterocycles. The number of aliphatic carboxylic acids is 1. The van der Waals surface area contributed by atoms with Gasteiger partial charge in [-0.25, -0.2) is 4.79 Å². The number of rotatable bonds is 4. The predicted octanol–water partition coefficient (Wildman–Crippen LogP) is -0.0291. The van der Waals surface area contributed by atoms with Crippen LogP contribution >= 0.6 is 0 Å². The Morgan fingerprint density at radius 3 is 2.37 bits per heavy atom. The van der Waals surface area contributed by atoms with Gasteiger partial charge in [0.1, 0.15) is 6.54 Å². The van der Waals surface area contributed by atoms with E-state index in [1.165, 1.54) is 4.90 Å². The molecule has 0 radical (unpaired) electrons. The molecule has 0 spiro atoms. The molecular formula is C12H21N3O4. The molecule has 0 aromatic rings. The summed E-state index contributed by atoms with van der Waals surface area (Å²) in [5, 5.41) is 11.5. The third-order valence-corrected chi connectivity index (χ3v) is 3.20. The highest BCUT2D eigenvalue weighted by molar-refractivity contribution is 5.84. The zero-order valence-electron chi connectivity index (χ0n) is 11.4. The molecular weight excluding hydrogens is 250 g/mol. The highest BCUT2D eigenvalue weighted by Crippen LogP contribution is 2.18. The van der Waals surface area contributed by atoms with Crippen LogP contribution in [0.3, 0.4) is 0 Å². The van der Waals surface area contributed by atoms with Crippen molar-refractivity contribution in [1.29, 1.82) is 0 Å². The number of carbonyl (C=O) groups is 3. The van der Waals surface area contributed by atoms with E-state index < -0.39 is 5.97 Å². The first-order valence-corrected chi connectivity index (χ1v) is 6.45. The maximum Gasteiger partial charge on any atom is 0.320 e. The first kappa shape index (κ1) is 15.3. The molecule has 7 nitrogen and oxygen atoms in total. The zero-order valence-corrected chi connectivity index (χ0v) is 11.4. The monoisotopic (exact) mass is 271 g/mol. The summed E-state index contributed by atoms with van der Waals surface area (Å²) in [4.78, 5) is 37.2. The summed E-state index contributed by atoms with van der Waals surface area (Å²) >= 11 is 0. The van der Waals surface area contributed by atoms with Gasteiger partial charge in [-0.15, -0.1) is 0 Å². The third kappa shape index (κ3) is 4.42. The normalized spacial score (nSPS) is 16.0. The minimum atomic E-state index is -0.803. The molecule has 0 saturated carbocycles. The quantitative estimate of drug-likeness (QED) is 0.751. The molecule has 1 aliphatic rings. The summed E-state index contributed by atoms with van der Waals surface area (Å²) < 4.78 is 0. The number of carboxylic acid groups (broad SMARTS) is 1. The van der Waals surface area contributed by atoms with Crippen molar-refractivity contribution in [3.63, 3.8) is 0 Å². The first-order valence-electron chi connectivity index (χ1n) is 6.45. The summed E-state index contributed by atoms with van der Waals surface area (Å²) in [5.41, 5.74) is 0. The second kappa shape index (κ2) is 6.96. The number of amides is 3. The number of hydrogen-bond donors (Lipinski definition) is 2. The highest BCUT2D eigenvalue weighted by atomic mass is 16.4. The average molecular weight is 271 g/mol. The maximum atomic E-state index is 12.0. The second-order valence-electron chi connectivity index (χ2n) is 4.69. The summed E-state index contributed by atoms with van der Waals surface area (Å²) in [6.07, 6.45) is 0.937. The molecule has 1 heterocycles. The lowest BCUT2D eigenvalue weighted by atomic mass is 9.97. The molecule has 1 aliphatic heterocycles. The summed E-state index contributed by atoms with van der Waals surface area (Å²) in [6, 6.07) is -0.227. The molecule has 2 N–H and O–H groups in total. The minimum absolute atomic E-state index is 0.0194. The SMILES string of the molecule is CCNC(=O)CN(C)C(=O)N1CCC(C(=O)O)CC1. The fraction of sp³-hybridized carbons (Fsp3) is 0.750. The van der Waals surface area contributed by atoms with E-state index in [9.17, 15) is 14.4 Å². The average Bonchev–Trinajstić information content (AvgIpc) is 2.38. The van der Waals surface area contributed by atoms with Crippen LogP contribution in [0.2, 0.25) is 0 Å². The topological polar surface area (TPSA) is 90.0 Å². The molecule has 3 amide bonds. The van der Waals surface area contributed by atoms with Crippen LogP contribution < -0.4 is 5.32 Å². The second-order valence-corrected chi connectivity index (χ2v) is 4.69. The van der Waals surface area contributed by atoms with Crippen molar-refractivity contribution < 1.29 is 19.5 Å². The molecule has 0 atom stereocenters. The van der Waals surface area contributed by atoms with Crippen molar-refractivity contribution in [2.45, 2.75) is 19.8 Å². The van der Waals surface area contributed by atoms with E-state index in [1.54, 1.807) is 11.9 Å². The third-order valence-electron chi connectivity index (χ3n) is 3.20. The number of likely N-dealkylation sites (tertiary alicyclic amines) is 1. The predicted molar refractivity (Wildman–Crippen MR) is 68.6 cm³/mol. The molecule has 0 bridgehead atoms. The van der Waals surface area contributed by atoms with Gasteiger partial charge in [-0.3, -0.25) is 9.59 Å². The molecule has 0 unspecified atom stereocenters. The Hall–Kier alpha value is -1.79. The zero-order chi connectivity index (χ0) is 14.4. The van der Waals surface area contributed by atoms with Crippen molar-refractivity contribution in [3.8, 4) is 0 Å². The standard InChI is InChI=1S/C12H21N3O4/c1-3-13-10(16)8-14(2)12(19)15-6-4-9(5-7-15)11(17)18/h9H,3-8H2,1-2H3,(H,13,16)(H,17,18). The van der Waals surface area contributed by atoms with E-state index in [1.807, 2.05) is 6.92 Å². The van der Waals surface area contributed by atoms with E-state index in [4.69, 9.17) is 5.11 Å². The van der Waals surface area contributed by atoms with Gasteiger partial charge in [-0.2, -0.15) is 0 Å². The Balaban J connectivity index is 2.42. The van der Waals surface area contributed by atoms with Crippen molar-refractivity contribution in [2.24, 2.45) is 5.92 Å². The molecule has 0 aromatic carbocycles. The first-order chi connectivity index (χ1) is 8.95. The molecule has 1 rings (SSSR count). The lowest BCUT2D eigenvalue weighted by Crippen LogP contribution is -2.48. The summed E-state index contributed by atoms with van der Waals surface area (Å²) in [6.45, 7) is 3.22. The van der Waals surface area contributed by atoms with Crippen LogP contribution in [-0.4, -0.2) is 66.0 Å². The van der Waals surface area contributed by atoms with Gasteiger partial charge in [0.25, 0.3) is 0 Å². The molecule has 0 aromatic heterocycles. The van der Waals surface area contributed by atoms with Gasteiger partial charge in [0.05, 0.1) is 5.92 Å². The van der Waals surface area contributed by atoms with Crippen molar-refractivity contribution >= 4 is 17.9 Å². The van der Waals surface area contributed by atoms with Gasteiger partial charge in [-0.1, -0.05) is 0 Å². The minimum Gasteiger partial charge on any atom is -0.481 e. The van der Waals surface area contributed by atoms with Crippen LogP contribution in [-0.2, 0) is 9.59 Å².